The molecule has 698 valence electrons. The molecule has 14 aromatic carbocycles. The van der Waals surface area contributed by atoms with E-state index in [0.29, 0.717) is 89.6 Å². The maximum absolute atomic E-state index is 12.7. The largest absolute Gasteiger partial charge is 0.481 e. The number of carbonyl (C=O) groups excluding carboxylic acids is 9. The Morgan fingerprint density at radius 2 is 0.729 bits per heavy atom. The van der Waals surface area contributed by atoms with Crippen LogP contribution in [0, 0.1) is 31.6 Å². The molecule has 0 fully saturated rings. The highest BCUT2D eigenvalue weighted by Gasteiger charge is 2.39. The lowest BCUT2D eigenvalue weighted by molar-refractivity contribution is -0.139. The van der Waals surface area contributed by atoms with Crippen molar-refractivity contribution in [1.82, 2.24) is 5.32 Å². The Kier molecular flexibility index (Phi) is 34.7. The molecule has 0 radical (unpaired) electrons. The van der Waals surface area contributed by atoms with Crippen LogP contribution in [0.4, 0.5) is 28.4 Å². The molecular weight excluding hydrogens is 1780 g/mol. The molecule has 14 aromatic rings. The molecule has 27 heteroatoms. The number of imide groups is 2. The van der Waals surface area contributed by atoms with Crippen LogP contribution in [0.2, 0.25) is 0 Å². The second-order valence-corrected chi connectivity index (χ2v) is 31.3. The molecule has 0 aliphatic carbocycles. The highest BCUT2D eigenvalue weighted by atomic mass is 16.4. The Morgan fingerprint density at radius 3 is 1.18 bits per heavy atom. The van der Waals surface area contributed by atoms with Crippen LogP contribution >= 0.6 is 0 Å². The lowest BCUT2D eigenvalue weighted by Crippen LogP contribution is -2.42. The predicted octanol–water partition coefficient (Wildman–Crippen LogP) is 19.6. The van der Waals surface area contributed by atoms with Gasteiger partial charge in [-0.15, -0.1) is 12.8 Å². The number of carbonyl (C=O) groups is 15. The highest BCUT2D eigenvalue weighted by Crippen LogP contribution is 2.34. The van der Waals surface area contributed by atoms with Crippen LogP contribution < -0.4 is 31.1 Å². The molecule has 10 N–H and O–H groups in total. The van der Waals surface area contributed by atoms with Gasteiger partial charge in [-0.2, -0.15) is 0 Å². The third kappa shape index (κ3) is 26.2. The number of benzene rings is 14. The number of fused-ring (bicyclic) bond motifs is 2. The Labute approximate surface area is 804 Å². The Morgan fingerprint density at radius 1 is 0.343 bits per heavy atom. The molecule has 2 heterocycles. The predicted molar refractivity (Wildman–Crippen MR) is 530 cm³/mol. The van der Waals surface area contributed by atoms with E-state index in [4.69, 9.17) is 33.3 Å². The molecule has 0 spiro atoms. The summed E-state index contributed by atoms with van der Waals surface area (Å²) in [5.74, 6) is -4.55. The van der Waals surface area contributed by atoms with Crippen molar-refractivity contribution in [2.24, 2.45) is 0 Å². The Balaban J connectivity index is 0.000000161. The van der Waals surface area contributed by atoms with Crippen molar-refractivity contribution in [2.45, 2.75) is 65.8 Å². The second-order valence-electron chi connectivity index (χ2n) is 31.3. The molecule has 1 atom stereocenters. The average Bonchev–Trinajstić information content (AvgIpc) is 1.60. The number of Topliss-reactive ketones (excluding diaryl/α,β-unsaturated/α-hetero) is 1. The molecule has 0 aromatic heterocycles. The number of anilines is 5. The molecule has 8 amide bonds. The maximum Gasteiger partial charge on any atom is 0.336 e. The van der Waals surface area contributed by atoms with E-state index in [2.05, 4.69) is 40.0 Å². The van der Waals surface area contributed by atoms with Crippen LogP contribution in [0.5, 0.6) is 0 Å². The number of ketones is 1. The van der Waals surface area contributed by atoms with Crippen LogP contribution in [0.15, 0.2) is 334 Å². The summed E-state index contributed by atoms with van der Waals surface area (Å²) in [6.07, 6.45) is 13.5. The van der Waals surface area contributed by atoms with Crippen LogP contribution in [0.3, 0.4) is 0 Å². The van der Waals surface area contributed by atoms with Crippen molar-refractivity contribution < 1.29 is 103 Å². The summed E-state index contributed by atoms with van der Waals surface area (Å²) in [7, 11) is 0. The molecular formula is C113H90N6O21. The summed E-state index contributed by atoms with van der Waals surface area (Å²) in [4.78, 5) is 180. The molecule has 0 bridgehead atoms. The number of aromatic carboxylic acids is 4. The fourth-order valence-electron chi connectivity index (χ4n) is 14.6. The fourth-order valence-corrected chi connectivity index (χ4v) is 14.6. The number of rotatable bonds is 25. The smallest absolute Gasteiger partial charge is 0.336 e. The van der Waals surface area contributed by atoms with Crippen molar-refractivity contribution in [3.8, 4) is 46.9 Å². The number of carboxylic acid groups (broad SMARTS) is 6. The highest BCUT2D eigenvalue weighted by molar-refractivity contribution is 6.35. The zero-order valence-corrected chi connectivity index (χ0v) is 75.7. The fraction of sp³-hybridized carbons (Fsp3) is 0.0885. The standard InChI is InChI=1S/C23H17NO2.C22H15NO3.C18H19NO3.C17H15NO5.C17H13NO4.C16H11NO4/c1-3-17-8-14-20(15-9-17)24-23(26)22-7-5-4-6-21(22)19-12-10-18(11-13-19)16(2)25;1-2-15-11-13-16(14-12-15)23-21(24)19-9-5-3-7-17(19)18-8-4-6-10-20(18)22(25)26;1-2-5-13-8-10-15(11-9-13)19-18(22)16-7-4-3-6-14(16)12-17(20)21;19-15(12-8-4-5-9-13(12)16(20)21)18-14(17(22)23)10-11-6-2-1-3-7-11;1-2-10-3-8-13-14(9-10)16(20)18(15(13)19)12-6-4-11(5-7-12)17(21)22;1-9-2-7-12-13(8-9)15(19)17(14(12)18)11-5-3-10(4-6-11)16(20)21/h1,4-15H,2H3,(H,24,26);1,3-14H,(H,23,24)(H,25,26);3-4,6-11H,2,5,12H2,1H3,(H,19,22)(H,20,21);1-9,14H,10H2,(H,18,19)(H,20,21)(H,22,23);3-9H,2H2,1H3,(H,21,22);2-8H,1H3,(H,20,21). The van der Waals surface area contributed by atoms with Gasteiger partial charge < -0.3 is 51.9 Å². The molecule has 0 saturated carbocycles. The summed E-state index contributed by atoms with van der Waals surface area (Å²) in [5.41, 5.74) is 14.9. The van der Waals surface area contributed by atoms with Gasteiger partial charge in [-0.3, -0.25) is 47.9 Å². The zero-order valence-electron chi connectivity index (χ0n) is 75.7. The van der Waals surface area contributed by atoms with E-state index in [1.54, 1.807) is 194 Å². The van der Waals surface area contributed by atoms with Crippen LogP contribution in [-0.2, 0) is 35.3 Å². The van der Waals surface area contributed by atoms with Crippen molar-refractivity contribution in [2.75, 3.05) is 25.8 Å². The van der Waals surface area contributed by atoms with Crippen molar-refractivity contribution >= 4 is 117 Å². The summed E-state index contributed by atoms with van der Waals surface area (Å²) in [6.45, 7) is 7.48. The normalized spacial score (nSPS) is 11.3. The zero-order chi connectivity index (χ0) is 101. The van der Waals surface area contributed by atoms with Gasteiger partial charge >= 0.3 is 35.8 Å². The van der Waals surface area contributed by atoms with E-state index >= 15 is 0 Å². The number of hydrogen-bond acceptors (Lipinski definition) is 15. The van der Waals surface area contributed by atoms with E-state index < -0.39 is 53.7 Å². The van der Waals surface area contributed by atoms with Crippen molar-refractivity contribution in [3.63, 3.8) is 0 Å². The number of hydrogen-bond donors (Lipinski definition) is 10. The summed E-state index contributed by atoms with van der Waals surface area (Å²) in [6, 6.07) is 91.7. The SMILES string of the molecule is C#Cc1ccc(NC(=O)c2ccccc2-c2ccc(C(C)=O)cc2)cc1.C#Cc1ccc(NC(=O)c2ccccc2-c2ccccc2C(=O)O)cc1.CCCc1ccc(NC(=O)c2ccccc2CC(=O)O)cc1.CCc1ccc2c(c1)C(=O)N(c1ccc(C(=O)O)cc1)C2=O.Cc1ccc2c(c1)C(=O)N(c1ccc(C(=O)O)cc1)C2=O.O=C(O)c1ccccc1C(=O)NC(Cc1ccccc1)C(=O)O. The number of aliphatic carboxylic acids is 2. The van der Waals surface area contributed by atoms with Crippen LogP contribution in [0.1, 0.15) is 201 Å². The molecule has 2 aliphatic rings. The first-order valence-electron chi connectivity index (χ1n) is 43.4. The Hall–Kier alpha value is -19.2. The quantitative estimate of drug-likeness (QED) is 0.0144. The first-order chi connectivity index (χ1) is 67.3. The van der Waals surface area contributed by atoms with Gasteiger partial charge in [0.1, 0.15) is 6.04 Å². The third-order valence-electron chi connectivity index (χ3n) is 21.8. The monoisotopic (exact) mass is 1870 g/mol. The topological polar surface area (TPSA) is 432 Å². The molecule has 2 aliphatic heterocycles. The van der Waals surface area contributed by atoms with Crippen LogP contribution in [0.25, 0.3) is 22.3 Å². The van der Waals surface area contributed by atoms with Crippen molar-refractivity contribution in [1.29, 1.82) is 0 Å². The maximum atomic E-state index is 12.7. The van der Waals surface area contributed by atoms with Gasteiger partial charge in [0, 0.05) is 56.9 Å². The van der Waals surface area contributed by atoms with Gasteiger partial charge in [0.2, 0.25) is 0 Å². The number of amides is 8. The van der Waals surface area contributed by atoms with E-state index in [-0.39, 0.29) is 81.9 Å². The first kappa shape index (κ1) is 101. The summed E-state index contributed by atoms with van der Waals surface area (Å²) in [5, 5.41) is 65.4. The Bertz CT molecular complexity index is 7170. The van der Waals surface area contributed by atoms with Gasteiger partial charge in [-0.1, -0.05) is 201 Å². The molecule has 27 nitrogen and oxygen atoms in total. The second kappa shape index (κ2) is 48.0. The number of carboxylic acids is 6. The number of aryl methyl sites for hydroxylation is 3. The van der Waals surface area contributed by atoms with Gasteiger partial charge in [0.15, 0.2) is 5.78 Å². The molecule has 16 rings (SSSR count). The summed E-state index contributed by atoms with van der Waals surface area (Å²) >= 11 is 0. The van der Waals surface area contributed by atoms with E-state index in [0.717, 1.165) is 68.0 Å². The van der Waals surface area contributed by atoms with Crippen molar-refractivity contribution in [3.05, 3.63) is 445 Å². The average molecular weight is 1870 g/mol. The minimum atomic E-state index is -1.24. The van der Waals surface area contributed by atoms with Gasteiger partial charge in [0.05, 0.1) is 67.9 Å². The number of nitrogens with one attached hydrogen (secondary N) is 4. The van der Waals surface area contributed by atoms with Crippen LogP contribution in [-0.4, -0.2) is 126 Å². The van der Waals surface area contributed by atoms with E-state index in [1.807, 2.05) is 74.5 Å². The lowest BCUT2D eigenvalue weighted by atomic mass is 9.95. The number of terminal acetylenes is 2. The summed E-state index contributed by atoms with van der Waals surface area (Å²) < 4.78 is 0. The molecule has 0 saturated heterocycles. The number of nitrogens with zero attached hydrogens (tertiary/aromatic N) is 2. The first-order valence-corrected chi connectivity index (χ1v) is 43.4. The van der Waals surface area contributed by atoms with E-state index in [1.165, 1.54) is 91.3 Å². The van der Waals surface area contributed by atoms with E-state index in [9.17, 15) is 82.1 Å². The minimum Gasteiger partial charge on any atom is -0.481 e. The third-order valence-corrected chi connectivity index (χ3v) is 21.8. The van der Waals surface area contributed by atoms with Gasteiger partial charge in [-0.25, -0.2) is 33.8 Å². The minimum absolute atomic E-state index is 0.0120. The lowest BCUT2D eigenvalue weighted by Gasteiger charge is -2.15. The van der Waals surface area contributed by atoms with Gasteiger partial charge in [-0.05, 0) is 241 Å². The van der Waals surface area contributed by atoms with Gasteiger partial charge in [0.25, 0.3) is 47.3 Å². The molecule has 1 unspecified atom stereocenters. The molecule has 140 heavy (non-hydrogen) atoms.